The molecule has 0 aliphatic carbocycles. The van der Waals surface area contributed by atoms with Gasteiger partial charge in [0, 0.05) is 48.3 Å². The van der Waals surface area contributed by atoms with Gasteiger partial charge in [-0.1, -0.05) is 0 Å². The van der Waals surface area contributed by atoms with Crippen molar-refractivity contribution in [1.82, 2.24) is 29.8 Å². The van der Waals surface area contributed by atoms with Gasteiger partial charge in [-0.25, -0.2) is 4.68 Å². The van der Waals surface area contributed by atoms with Crippen molar-refractivity contribution in [2.45, 2.75) is 0 Å². The van der Waals surface area contributed by atoms with E-state index >= 15 is 0 Å². The lowest BCUT2D eigenvalue weighted by molar-refractivity contribution is 0.967. The molecule has 0 aliphatic heterocycles. The normalized spacial score (nSPS) is 10.5. The van der Waals surface area contributed by atoms with Gasteiger partial charge in [-0.15, -0.1) is 10.2 Å². The summed E-state index contributed by atoms with van der Waals surface area (Å²) in [6, 6.07) is 11.3. The van der Waals surface area contributed by atoms with Crippen LogP contribution in [-0.2, 0) is 0 Å². The van der Waals surface area contributed by atoms with Gasteiger partial charge >= 0.3 is 0 Å². The number of hydrogen-bond donors (Lipinski definition) is 1. The van der Waals surface area contributed by atoms with E-state index in [-0.39, 0.29) is 0 Å². The Bertz CT molecular complexity index is 864. The number of nitrogens with zero attached hydrogens (tertiary/aromatic N) is 6. The topological polar surface area (TPSA) is 81.4 Å². The molecule has 4 aromatic heterocycles. The molecule has 0 atom stereocenters. The van der Waals surface area contributed by atoms with E-state index in [4.69, 9.17) is 0 Å². The van der Waals surface area contributed by atoms with Crippen LogP contribution in [0, 0.1) is 0 Å². The van der Waals surface area contributed by atoms with Crippen LogP contribution < -0.4 is 5.43 Å². The third-order valence-electron chi connectivity index (χ3n) is 3.46. The molecule has 7 heteroatoms. The van der Waals surface area contributed by atoms with E-state index in [1.54, 1.807) is 37.2 Å². The van der Waals surface area contributed by atoms with E-state index in [9.17, 15) is 0 Å². The molecule has 0 aromatic carbocycles. The molecular formula is C17H13N7. The summed E-state index contributed by atoms with van der Waals surface area (Å²) in [5.74, 6) is 1.39. The van der Waals surface area contributed by atoms with Crippen LogP contribution in [0.15, 0.2) is 73.6 Å². The number of rotatable bonds is 4. The van der Waals surface area contributed by atoms with Gasteiger partial charge in [0.05, 0.1) is 5.69 Å². The third-order valence-corrected chi connectivity index (χ3v) is 3.46. The maximum absolute atomic E-state index is 4.35. The largest absolute Gasteiger partial charge is 0.291 e. The number of nitrogens with one attached hydrogen (secondary N) is 1. The maximum Gasteiger partial charge on any atom is 0.183 e. The highest BCUT2D eigenvalue weighted by Gasteiger charge is 2.15. The molecule has 0 saturated heterocycles. The molecule has 0 fully saturated rings. The number of pyridine rings is 3. The van der Waals surface area contributed by atoms with Crippen LogP contribution in [0.25, 0.3) is 22.8 Å². The minimum atomic E-state index is 0.695. The Balaban J connectivity index is 1.85. The molecule has 0 bridgehead atoms. The first-order chi connectivity index (χ1) is 11.9. The molecule has 4 aromatic rings. The van der Waals surface area contributed by atoms with Crippen LogP contribution in [0.5, 0.6) is 0 Å². The molecule has 7 nitrogen and oxygen atoms in total. The van der Waals surface area contributed by atoms with Gasteiger partial charge in [-0.2, -0.15) is 0 Å². The van der Waals surface area contributed by atoms with Gasteiger partial charge in [0.2, 0.25) is 0 Å². The average molecular weight is 315 g/mol. The summed E-state index contributed by atoms with van der Waals surface area (Å²) in [5, 5.41) is 8.69. The van der Waals surface area contributed by atoms with Gasteiger partial charge in [0.25, 0.3) is 0 Å². The van der Waals surface area contributed by atoms with Gasteiger partial charge in [-0.05, 0) is 36.4 Å². The predicted molar refractivity (Wildman–Crippen MR) is 89.7 cm³/mol. The van der Waals surface area contributed by atoms with Crippen LogP contribution >= 0.6 is 0 Å². The second-order valence-corrected chi connectivity index (χ2v) is 5.00. The Morgan fingerprint density at radius 3 is 1.46 bits per heavy atom. The first-order valence-electron chi connectivity index (χ1n) is 7.35. The van der Waals surface area contributed by atoms with Gasteiger partial charge in [-0.3, -0.25) is 20.4 Å². The molecule has 24 heavy (non-hydrogen) atoms. The highest BCUT2D eigenvalue weighted by molar-refractivity contribution is 5.63. The lowest BCUT2D eigenvalue weighted by Crippen LogP contribution is -2.12. The Morgan fingerprint density at radius 1 is 0.583 bits per heavy atom. The van der Waals surface area contributed by atoms with Crippen LogP contribution in [-0.4, -0.2) is 29.8 Å². The van der Waals surface area contributed by atoms with Crippen LogP contribution in [0.3, 0.4) is 0 Å². The van der Waals surface area contributed by atoms with E-state index in [1.165, 1.54) is 0 Å². The minimum Gasteiger partial charge on any atom is -0.291 e. The maximum atomic E-state index is 4.35. The van der Waals surface area contributed by atoms with Gasteiger partial charge in [0.15, 0.2) is 11.6 Å². The molecule has 0 spiro atoms. The SMILES string of the molecule is c1cc(Nn2c(-c3ccncc3)nnc2-c2ccncc2)ccn1. The van der Waals surface area contributed by atoms with E-state index in [0.717, 1.165) is 16.8 Å². The van der Waals surface area contributed by atoms with Crippen molar-refractivity contribution >= 4 is 5.69 Å². The second-order valence-electron chi connectivity index (χ2n) is 5.00. The standard InChI is InChI=1S/C17H13N7/c1-7-18-8-2-13(1)16-21-22-17(14-3-9-19-10-4-14)24(16)23-15-5-11-20-12-6-15/h1-12H,(H,20,23). The van der Waals surface area contributed by atoms with E-state index < -0.39 is 0 Å². The van der Waals surface area contributed by atoms with Crippen molar-refractivity contribution in [3.8, 4) is 22.8 Å². The Morgan fingerprint density at radius 2 is 1.00 bits per heavy atom. The summed E-state index contributed by atoms with van der Waals surface area (Å²) in [6.45, 7) is 0. The van der Waals surface area contributed by atoms with Crippen molar-refractivity contribution in [2.75, 3.05) is 5.43 Å². The number of hydrogen-bond acceptors (Lipinski definition) is 6. The zero-order valence-corrected chi connectivity index (χ0v) is 12.6. The molecule has 0 saturated carbocycles. The number of anilines is 1. The van der Waals surface area contributed by atoms with E-state index in [2.05, 4.69) is 30.6 Å². The second kappa shape index (κ2) is 6.25. The van der Waals surface area contributed by atoms with E-state index in [1.807, 2.05) is 41.1 Å². The summed E-state index contributed by atoms with van der Waals surface area (Å²) < 4.78 is 1.85. The molecule has 0 radical (unpaired) electrons. The summed E-state index contributed by atoms with van der Waals surface area (Å²) in [5.41, 5.74) is 6.05. The van der Waals surface area contributed by atoms with E-state index in [0.29, 0.717) is 11.6 Å². The molecule has 1 N–H and O–H groups in total. The molecule has 0 unspecified atom stereocenters. The van der Waals surface area contributed by atoms with Crippen molar-refractivity contribution in [2.24, 2.45) is 0 Å². The lowest BCUT2D eigenvalue weighted by atomic mass is 10.2. The molecule has 0 aliphatic rings. The first kappa shape index (κ1) is 14.0. The lowest BCUT2D eigenvalue weighted by Gasteiger charge is -2.13. The zero-order valence-electron chi connectivity index (χ0n) is 12.6. The fraction of sp³-hybridized carbons (Fsp3) is 0. The van der Waals surface area contributed by atoms with Crippen LogP contribution in [0.2, 0.25) is 0 Å². The molecule has 4 heterocycles. The summed E-state index contributed by atoms with van der Waals surface area (Å²) >= 11 is 0. The summed E-state index contributed by atoms with van der Waals surface area (Å²) in [7, 11) is 0. The summed E-state index contributed by atoms with van der Waals surface area (Å²) in [6.07, 6.45) is 10.4. The zero-order chi connectivity index (χ0) is 16.2. The molecule has 4 rings (SSSR count). The van der Waals surface area contributed by atoms with Crippen molar-refractivity contribution in [1.29, 1.82) is 0 Å². The monoisotopic (exact) mass is 315 g/mol. The summed E-state index contributed by atoms with van der Waals surface area (Å²) in [4.78, 5) is 12.1. The highest BCUT2D eigenvalue weighted by Crippen LogP contribution is 2.24. The average Bonchev–Trinajstić information content (AvgIpc) is 3.07. The Labute approximate surface area is 138 Å². The fourth-order valence-corrected chi connectivity index (χ4v) is 2.32. The van der Waals surface area contributed by atoms with Crippen LogP contribution in [0.1, 0.15) is 0 Å². The van der Waals surface area contributed by atoms with Crippen molar-refractivity contribution in [3.63, 3.8) is 0 Å². The quantitative estimate of drug-likeness (QED) is 0.623. The Kier molecular flexibility index (Phi) is 3.65. The molecule has 116 valence electrons. The fourth-order valence-electron chi connectivity index (χ4n) is 2.32. The van der Waals surface area contributed by atoms with Crippen molar-refractivity contribution < 1.29 is 0 Å². The minimum absolute atomic E-state index is 0.695. The highest BCUT2D eigenvalue weighted by atomic mass is 15.5. The smallest absolute Gasteiger partial charge is 0.183 e. The predicted octanol–water partition coefficient (Wildman–Crippen LogP) is 2.67. The Hall–Kier alpha value is -3.61. The van der Waals surface area contributed by atoms with Crippen LogP contribution in [0.4, 0.5) is 5.69 Å². The first-order valence-corrected chi connectivity index (χ1v) is 7.35. The molecular weight excluding hydrogens is 302 g/mol. The molecule has 0 amide bonds. The van der Waals surface area contributed by atoms with Crippen molar-refractivity contribution in [3.05, 3.63) is 73.6 Å². The van der Waals surface area contributed by atoms with Gasteiger partial charge < -0.3 is 0 Å². The third kappa shape index (κ3) is 2.70. The van der Waals surface area contributed by atoms with Gasteiger partial charge in [0.1, 0.15) is 0 Å². The number of aromatic nitrogens is 6.